The Morgan fingerprint density at radius 3 is 2.94 bits per heavy atom. The Kier molecular flexibility index (Phi) is 3.87. The van der Waals surface area contributed by atoms with Gasteiger partial charge in [-0.15, -0.1) is 11.6 Å². The normalized spacial score (nSPS) is 14.3. The fourth-order valence-corrected chi connectivity index (χ4v) is 2.22. The Hall–Kier alpha value is -1.55. The molecule has 1 heterocycles. The molecule has 0 unspecified atom stereocenters. The molecular weight excluding hydrogens is 252 g/mol. The van der Waals surface area contributed by atoms with E-state index in [0.717, 1.165) is 23.4 Å². The summed E-state index contributed by atoms with van der Waals surface area (Å²) in [6, 6.07) is 5.59. The molecule has 1 aromatic carbocycles. The fraction of sp³-hybridized carbons (Fsp3) is 0.385. The highest BCUT2D eigenvalue weighted by Crippen LogP contribution is 2.29. The van der Waals surface area contributed by atoms with E-state index in [-0.39, 0.29) is 11.8 Å². The number of benzene rings is 1. The molecule has 0 aliphatic carbocycles. The van der Waals surface area contributed by atoms with Crippen LogP contribution in [-0.4, -0.2) is 24.7 Å². The van der Waals surface area contributed by atoms with Gasteiger partial charge in [0.1, 0.15) is 0 Å². The van der Waals surface area contributed by atoms with E-state index < -0.39 is 0 Å². The molecule has 1 N–H and O–H groups in total. The first-order chi connectivity index (χ1) is 8.61. The minimum absolute atomic E-state index is 0.0924. The lowest BCUT2D eigenvalue weighted by Crippen LogP contribution is -2.31. The van der Waals surface area contributed by atoms with Crippen molar-refractivity contribution in [2.24, 2.45) is 0 Å². The van der Waals surface area contributed by atoms with E-state index in [9.17, 15) is 9.59 Å². The van der Waals surface area contributed by atoms with E-state index >= 15 is 0 Å². The van der Waals surface area contributed by atoms with Gasteiger partial charge in [0.15, 0.2) is 0 Å². The Labute approximate surface area is 111 Å². The number of fused-ring (bicyclic) bond motifs is 1. The van der Waals surface area contributed by atoms with Crippen LogP contribution in [0.1, 0.15) is 18.4 Å². The predicted octanol–water partition coefficient (Wildman–Crippen LogP) is 2.16. The van der Waals surface area contributed by atoms with Gasteiger partial charge in [-0.3, -0.25) is 9.59 Å². The van der Waals surface area contributed by atoms with Crippen LogP contribution in [0.4, 0.5) is 11.4 Å². The topological polar surface area (TPSA) is 49.4 Å². The van der Waals surface area contributed by atoms with Crippen molar-refractivity contribution in [3.05, 3.63) is 23.8 Å². The number of hydrogen-bond acceptors (Lipinski definition) is 2. The summed E-state index contributed by atoms with van der Waals surface area (Å²) >= 11 is 5.51. The van der Waals surface area contributed by atoms with Crippen molar-refractivity contribution in [3.63, 3.8) is 0 Å². The number of halogens is 1. The molecule has 0 aromatic heterocycles. The molecule has 2 amide bonds. The number of rotatable bonds is 3. The van der Waals surface area contributed by atoms with E-state index in [2.05, 4.69) is 5.32 Å². The molecular formula is C13H15ClN2O2. The van der Waals surface area contributed by atoms with Crippen LogP contribution in [0, 0.1) is 0 Å². The van der Waals surface area contributed by atoms with Gasteiger partial charge < -0.3 is 10.2 Å². The minimum Gasteiger partial charge on any atom is -0.326 e. The quantitative estimate of drug-likeness (QED) is 0.853. The number of amides is 2. The maximum atomic E-state index is 11.5. The first kappa shape index (κ1) is 12.9. The molecule has 1 aromatic rings. The molecule has 2 rings (SSSR count). The number of hydrogen-bond donors (Lipinski definition) is 1. The highest BCUT2D eigenvalue weighted by Gasteiger charge is 2.20. The molecule has 5 heteroatoms. The number of nitrogens with one attached hydrogen (secondary N) is 1. The van der Waals surface area contributed by atoms with Crippen LogP contribution in [0.5, 0.6) is 0 Å². The number of aryl methyl sites for hydroxylation is 1. The second-order valence-corrected chi connectivity index (χ2v) is 4.66. The molecule has 96 valence electrons. The number of nitrogens with zero attached hydrogens (tertiary/aromatic N) is 1. The Balaban J connectivity index is 2.18. The van der Waals surface area contributed by atoms with Gasteiger partial charge >= 0.3 is 0 Å². The summed E-state index contributed by atoms with van der Waals surface area (Å²) in [7, 11) is 1.77. The summed E-state index contributed by atoms with van der Waals surface area (Å²) in [5.41, 5.74) is 2.76. The molecule has 0 saturated carbocycles. The number of anilines is 2. The lowest BCUT2D eigenvalue weighted by Gasteiger charge is -2.26. The second-order valence-electron chi connectivity index (χ2n) is 4.28. The fourth-order valence-electron chi connectivity index (χ4n) is 2.04. The van der Waals surface area contributed by atoms with E-state index in [4.69, 9.17) is 11.6 Å². The predicted molar refractivity (Wildman–Crippen MR) is 72.1 cm³/mol. The Morgan fingerprint density at radius 2 is 2.22 bits per heavy atom. The maximum absolute atomic E-state index is 11.5. The van der Waals surface area contributed by atoms with Crippen LogP contribution < -0.4 is 10.2 Å². The van der Waals surface area contributed by atoms with Crippen molar-refractivity contribution in [1.82, 2.24) is 0 Å². The second kappa shape index (κ2) is 5.40. The molecule has 1 aliphatic rings. The summed E-state index contributed by atoms with van der Waals surface area (Å²) in [6.45, 7) is 0. The zero-order valence-corrected chi connectivity index (χ0v) is 11.0. The highest BCUT2D eigenvalue weighted by molar-refractivity contribution is 6.19. The minimum atomic E-state index is -0.0924. The SMILES string of the molecule is CN1C(=O)CCc2cc(NC(=O)CCCl)ccc21. The van der Waals surface area contributed by atoms with Gasteiger partial charge in [0.25, 0.3) is 0 Å². The first-order valence-electron chi connectivity index (χ1n) is 5.87. The van der Waals surface area contributed by atoms with Crippen LogP contribution in [0.25, 0.3) is 0 Å². The summed E-state index contributed by atoms with van der Waals surface area (Å²) in [6.07, 6.45) is 1.54. The third kappa shape index (κ3) is 2.64. The molecule has 0 bridgehead atoms. The van der Waals surface area contributed by atoms with Gasteiger partial charge in [-0.05, 0) is 30.2 Å². The lowest BCUT2D eigenvalue weighted by molar-refractivity contribution is -0.118. The summed E-state index contributed by atoms with van der Waals surface area (Å²) in [4.78, 5) is 24.6. The van der Waals surface area contributed by atoms with Gasteiger partial charge in [0, 0.05) is 37.1 Å². The van der Waals surface area contributed by atoms with Crippen molar-refractivity contribution in [1.29, 1.82) is 0 Å². The number of alkyl halides is 1. The zero-order chi connectivity index (χ0) is 13.1. The van der Waals surface area contributed by atoms with Crippen LogP contribution >= 0.6 is 11.6 Å². The van der Waals surface area contributed by atoms with E-state index in [0.29, 0.717) is 18.7 Å². The molecule has 0 atom stereocenters. The standard InChI is InChI=1S/C13H15ClN2O2/c1-16-11-4-3-10(15-12(17)6-7-14)8-9(11)2-5-13(16)18/h3-4,8H,2,5-7H2,1H3,(H,15,17). The van der Waals surface area contributed by atoms with Gasteiger partial charge in [-0.2, -0.15) is 0 Å². The third-order valence-corrected chi connectivity index (χ3v) is 3.22. The monoisotopic (exact) mass is 266 g/mol. The van der Waals surface area contributed by atoms with Crippen molar-refractivity contribution >= 4 is 34.8 Å². The maximum Gasteiger partial charge on any atom is 0.227 e. The van der Waals surface area contributed by atoms with Gasteiger partial charge in [0.05, 0.1) is 0 Å². The summed E-state index contributed by atoms with van der Waals surface area (Å²) in [5, 5.41) is 2.79. The van der Waals surface area contributed by atoms with Crippen LogP contribution in [0.3, 0.4) is 0 Å². The first-order valence-corrected chi connectivity index (χ1v) is 6.40. The molecule has 4 nitrogen and oxygen atoms in total. The smallest absolute Gasteiger partial charge is 0.227 e. The van der Waals surface area contributed by atoms with Gasteiger partial charge in [-0.1, -0.05) is 0 Å². The van der Waals surface area contributed by atoms with Crippen LogP contribution in [0.2, 0.25) is 0 Å². The molecule has 0 spiro atoms. The van der Waals surface area contributed by atoms with E-state index in [1.54, 1.807) is 18.0 Å². The average Bonchev–Trinajstić information content (AvgIpc) is 2.34. The van der Waals surface area contributed by atoms with Crippen molar-refractivity contribution in [3.8, 4) is 0 Å². The molecule has 0 radical (unpaired) electrons. The molecule has 1 aliphatic heterocycles. The largest absolute Gasteiger partial charge is 0.326 e. The lowest BCUT2D eigenvalue weighted by atomic mass is 10.0. The van der Waals surface area contributed by atoms with Crippen molar-refractivity contribution in [2.75, 3.05) is 23.1 Å². The van der Waals surface area contributed by atoms with E-state index in [1.807, 2.05) is 12.1 Å². The van der Waals surface area contributed by atoms with Gasteiger partial charge in [0.2, 0.25) is 11.8 Å². The Bertz CT molecular complexity index is 488. The number of carbonyl (C=O) groups excluding carboxylic acids is 2. The average molecular weight is 267 g/mol. The molecule has 0 fully saturated rings. The zero-order valence-electron chi connectivity index (χ0n) is 10.2. The summed E-state index contributed by atoms with van der Waals surface area (Å²) < 4.78 is 0. The van der Waals surface area contributed by atoms with Crippen LogP contribution in [-0.2, 0) is 16.0 Å². The van der Waals surface area contributed by atoms with Gasteiger partial charge in [-0.25, -0.2) is 0 Å². The van der Waals surface area contributed by atoms with E-state index in [1.165, 1.54) is 0 Å². The Morgan fingerprint density at radius 1 is 1.44 bits per heavy atom. The molecule has 0 saturated heterocycles. The molecule has 18 heavy (non-hydrogen) atoms. The highest BCUT2D eigenvalue weighted by atomic mass is 35.5. The van der Waals surface area contributed by atoms with Crippen LogP contribution in [0.15, 0.2) is 18.2 Å². The third-order valence-electron chi connectivity index (χ3n) is 3.03. The van der Waals surface area contributed by atoms with Crippen molar-refractivity contribution in [2.45, 2.75) is 19.3 Å². The van der Waals surface area contributed by atoms with Crippen molar-refractivity contribution < 1.29 is 9.59 Å². The summed E-state index contributed by atoms with van der Waals surface area (Å²) in [5.74, 6) is 0.347. The number of carbonyl (C=O) groups is 2.